The molecule has 0 radical (unpaired) electrons. The summed E-state index contributed by atoms with van der Waals surface area (Å²) in [7, 11) is 0. The minimum Gasteiger partial charge on any atom is -0.488 e. The van der Waals surface area contributed by atoms with Gasteiger partial charge in [0.25, 0.3) is 5.91 Å². The molecule has 0 aliphatic heterocycles. The number of para-hydroxylation sites is 1. The Bertz CT molecular complexity index is 992. The fourth-order valence-corrected chi connectivity index (χ4v) is 3.05. The Hall–Kier alpha value is -3.45. The lowest BCUT2D eigenvalue weighted by Crippen LogP contribution is -2.25. The van der Waals surface area contributed by atoms with Crippen LogP contribution in [0.4, 0.5) is 0 Å². The van der Waals surface area contributed by atoms with Gasteiger partial charge >= 0.3 is 0 Å². The molecule has 0 saturated carbocycles. The molecule has 2 amide bonds. The Morgan fingerprint density at radius 2 is 1.73 bits per heavy atom. The van der Waals surface area contributed by atoms with Crippen LogP contribution in [-0.4, -0.2) is 28.6 Å². The molecule has 30 heavy (non-hydrogen) atoms. The molecule has 0 spiro atoms. The molecule has 156 valence electrons. The molecule has 2 aromatic carbocycles. The highest BCUT2D eigenvalue weighted by Gasteiger charge is 2.13. The van der Waals surface area contributed by atoms with E-state index >= 15 is 0 Å². The van der Waals surface area contributed by atoms with Crippen LogP contribution in [-0.2, 0) is 11.4 Å². The topological polar surface area (TPSA) is 101 Å². The van der Waals surface area contributed by atoms with E-state index in [-0.39, 0.29) is 12.3 Å². The number of nitrogens with one attached hydrogen (secondary N) is 2. The number of carbonyl (C=O) groups is 2. The fraction of sp³-hybridized carbons (Fsp3) is 0.261. The van der Waals surface area contributed by atoms with Gasteiger partial charge in [-0.05, 0) is 30.5 Å². The summed E-state index contributed by atoms with van der Waals surface area (Å²) in [6, 6.07) is 19.1. The minimum atomic E-state index is -0.401. The van der Waals surface area contributed by atoms with Crippen molar-refractivity contribution >= 4 is 22.7 Å². The van der Waals surface area contributed by atoms with Crippen molar-refractivity contribution in [2.24, 2.45) is 0 Å². The van der Waals surface area contributed by atoms with Gasteiger partial charge in [0.15, 0.2) is 0 Å². The van der Waals surface area contributed by atoms with E-state index < -0.39 is 5.91 Å². The van der Waals surface area contributed by atoms with Crippen LogP contribution in [0.25, 0.3) is 10.9 Å². The van der Waals surface area contributed by atoms with Crippen molar-refractivity contribution < 1.29 is 19.5 Å². The number of ether oxygens (including phenoxy) is 1. The minimum absolute atomic E-state index is 0.263. The first kappa shape index (κ1) is 21.3. The number of hydrogen-bond donors (Lipinski definition) is 3. The first-order chi connectivity index (χ1) is 14.7. The average Bonchev–Trinajstić information content (AvgIpc) is 2.79. The maximum atomic E-state index is 12.6. The molecule has 0 saturated heterocycles. The number of amides is 2. The van der Waals surface area contributed by atoms with Crippen molar-refractivity contribution in [1.29, 1.82) is 0 Å². The highest BCUT2D eigenvalue weighted by molar-refractivity contribution is 5.97. The van der Waals surface area contributed by atoms with Crippen LogP contribution in [0, 0.1) is 0 Å². The standard InChI is InChI=1S/C23H25N3O4/c27-22(26-29)13-5-2-8-14-24-23(28)20-15-21(18-11-6-7-12-19(18)25-20)30-16-17-9-3-1-4-10-17/h1,3-4,6-7,9-12,15,29H,2,5,8,13-14,16H2,(H,24,28)(H,26,27). The van der Waals surface area contributed by atoms with Crippen LogP contribution in [0.1, 0.15) is 41.7 Å². The Morgan fingerprint density at radius 1 is 0.967 bits per heavy atom. The molecule has 3 N–H and O–H groups in total. The first-order valence-electron chi connectivity index (χ1n) is 9.95. The molecule has 7 heteroatoms. The number of fused-ring (bicyclic) bond motifs is 1. The molecule has 0 fully saturated rings. The molecule has 0 aliphatic rings. The molecule has 7 nitrogen and oxygen atoms in total. The predicted octanol–water partition coefficient (Wildman–Crippen LogP) is 3.61. The third-order valence-corrected chi connectivity index (χ3v) is 4.64. The second-order valence-corrected chi connectivity index (χ2v) is 6.90. The number of nitrogens with zero attached hydrogens (tertiary/aromatic N) is 1. The third-order valence-electron chi connectivity index (χ3n) is 4.64. The van der Waals surface area contributed by atoms with E-state index in [4.69, 9.17) is 9.94 Å². The van der Waals surface area contributed by atoms with Crippen molar-refractivity contribution in [2.45, 2.75) is 32.3 Å². The van der Waals surface area contributed by atoms with Gasteiger partial charge < -0.3 is 10.1 Å². The molecule has 0 atom stereocenters. The Labute approximate surface area is 175 Å². The maximum Gasteiger partial charge on any atom is 0.270 e. The van der Waals surface area contributed by atoms with Crippen LogP contribution in [0.3, 0.4) is 0 Å². The van der Waals surface area contributed by atoms with Crippen molar-refractivity contribution in [3.63, 3.8) is 0 Å². The molecular weight excluding hydrogens is 382 g/mol. The summed E-state index contributed by atoms with van der Waals surface area (Å²) in [5.74, 6) is -0.0505. The Balaban J connectivity index is 1.62. The normalized spacial score (nSPS) is 10.6. The lowest BCUT2D eigenvalue weighted by molar-refractivity contribution is -0.129. The molecule has 1 heterocycles. The van der Waals surface area contributed by atoms with E-state index in [2.05, 4.69) is 10.3 Å². The lowest BCUT2D eigenvalue weighted by atomic mass is 10.1. The van der Waals surface area contributed by atoms with Crippen LogP contribution in [0.15, 0.2) is 60.7 Å². The summed E-state index contributed by atoms with van der Waals surface area (Å²) in [4.78, 5) is 28.0. The van der Waals surface area contributed by atoms with E-state index in [1.54, 1.807) is 11.5 Å². The number of hydroxylamine groups is 1. The summed E-state index contributed by atoms with van der Waals surface area (Å²) < 4.78 is 6.01. The van der Waals surface area contributed by atoms with Crippen LogP contribution < -0.4 is 15.5 Å². The highest BCUT2D eigenvalue weighted by Crippen LogP contribution is 2.26. The second-order valence-electron chi connectivity index (χ2n) is 6.90. The van der Waals surface area contributed by atoms with Gasteiger partial charge in [-0.3, -0.25) is 14.8 Å². The number of rotatable bonds is 10. The van der Waals surface area contributed by atoms with Crippen LogP contribution in [0.5, 0.6) is 5.75 Å². The van der Waals surface area contributed by atoms with E-state index in [0.29, 0.717) is 36.5 Å². The lowest BCUT2D eigenvalue weighted by Gasteiger charge is -2.12. The van der Waals surface area contributed by atoms with Gasteiger partial charge in [0.1, 0.15) is 18.1 Å². The summed E-state index contributed by atoms with van der Waals surface area (Å²) >= 11 is 0. The summed E-state index contributed by atoms with van der Waals surface area (Å²) in [5.41, 5.74) is 3.65. The van der Waals surface area contributed by atoms with Crippen molar-refractivity contribution in [1.82, 2.24) is 15.8 Å². The largest absolute Gasteiger partial charge is 0.488 e. The molecule has 0 aliphatic carbocycles. The van der Waals surface area contributed by atoms with Gasteiger partial charge in [-0.15, -0.1) is 0 Å². The summed E-state index contributed by atoms with van der Waals surface area (Å²) in [6.45, 7) is 0.881. The van der Waals surface area contributed by atoms with Crippen molar-refractivity contribution in [3.05, 3.63) is 71.9 Å². The molecule has 0 bridgehead atoms. The zero-order valence-corrected chi connectivity index (χ0v) is 16.6. The quantitative estimate of drug-likeness (QED) is 0.271. The van der Waals surface area contributed by atoms with E-state index in [1.165, 1.54) is 0 Å². The molecular formula is C23H25N3O4. The number of unbranched alkanes of at least 4 members (excludes halogenated alkanes) is 2. The van der Waals surface area contributed by atoms with Crippen LogP contribution in [0.2, 0.25) is 0 Å². The third kappa shape index (κ3) is 6.02. The van der Waals surface area contributed by atoms with E-state index in [0.717, 1.165) is 23.8 Å². The van der Waals surface area contributed by atoms with E-state index in [9.17, 15) is 9.59 Å². The zero-order valence-electron chi connectivity index (χ0n) is 16.6. The molecule has 3 rings (SSSR count). The van der Waals surface area contributed by atoms with Gasteiger partial charge in [0.2, 0.25) is 5.91 Å². The second kappa shape index (κ2) is 10.9. The highest BCUT2D eigenvalue weighted by atomic mass is 16.5. The average molecular weight is 407 g/mol. The SMILES string of the molecule is O=C(CCCCCNC(=O)c1cc(OCc2ccccc2)c2ccccc2n1)NO. The van der Waals surface area contributed by atoms with Gasteiger partial charge in [0, 0.05) is 24.4 Å². The van der Waals surface area contributed by atoms with Gasteiger partial charge in [-0.2, -0.15) is 0 Å². The number of hydrogen-bond acceptors (Lipinski definition) is 5. The van der Waals surface area contributed by atoms with E-state index in [1.807, 2.05) is 54.6 Å². The maximum absolute atomic E-state index is 12.6. The Morgan fingerprint density at radius 3 is 2.53 bits per heavy atom. The smallest absolute Gasteiger partial charge is 0.270 e. The number of carbonyl (C=O) groups excluding carboxylic acids is 2. The number of aromatic nitrogens is 1. The van der Waals surface area contributed by atoms with Gasteiger partial charge in [-0.25, -0.2) is 10.5 Å². The summed E-state index contributed by atoms with van der Waals surface area (Å²) in [6.07, 6.45) is 2.41. The van der Waals surface area contributed by atoms with Crippen molar-refractivity contribution in [2.75, 3.05) is 6.54 Å². The summed E-state index contributed by atoms with van der Waals surface area (Å²) in [5, 5.41) is 12.2. The first-order valence-corrected chi connectivity index (χ1v) is 9.95. The van der Waals surface area contributed by atoms with Crippen LogP contribution >= 0.6 is 0 Å². The molecule has 0 unspecified atom stereocenters. The fourth-order valence-electron chi connectivity index (χ4n) is 3.05. The molecule has 1 aromatic heterocycles. The van der Waals surface area contributed by atoms with Crippen molar-refractivity contribution in [3.8, 4) is 5.75 Å². The van der Waals surface area contributed by atoms with Gasteiger partial charge in [0.05, 0.1) is 5.52 Å². The Kier molecular flexibility index (Phi) is 7.74. The number of benzene rings is 2. The predicted molar refractivity (Wildman–Crippen MR) is 113 cm³/mol. The molecule has 3 aromatic rings. The zero-order chi connectivity index (χ0) is 21.2. The van der Waals surface area contributed by atoms with Gasteiger partial charge in [-0.1, -0.05) is 48.9 Å². The number of pyridine rings is 1. The monoisotopic (exact) mass is 407 g/mol.